The normalized spacial score (nSPS) is 18.2. The summed E-state index contributed by atoms with van der Waals surface area (Å²) in [5.74, 6) is -1.74. The fraction of sp³-hybridized carbons (Fsp3) is 0.500. The number of nitro benzene ring substituents is 2. The summed E-state index contributed by atoms with van der Waals surface area (Å²) >= 11 is 0. The fourth-order valence-electron chi connectivity index (χ4n) is 10.5. The van der Waals surface area contributed by atoms with Crippen molar-refractivity contribution in [1.29, 1.82) is 0 Å². The van der Waals surface area contributed by atoms with Crippen molar-refractivity contribution >= 4 is 88.5 Å². The molecular formula is C64H88FK2N12O19+. The van der Waals surface area contributed by atoms with Crippen LogP contribution in [-0.4, -0.2) is 198 Å². The number of halogens is 1. The number of benzene rings is 4. The molecule has 98 heavy (non-hydrogen) atoms. The molecule has 526 valence electrons. The number of amides is 5. The molecule has 4 unspecified atom stereocenters. The predicted molar refractivity (Wildman–Crippen MR) is 349 cm³/mol. The zero-order valence-electron chi connectivity index (χ0n) is 59.5. The number of nitro groups is 2. The number of anilines is 5. The number of ether oxygens (including phenoxy) is 3. The average Bonchev–Trinajstić information content (AvgIpc) is 1.42. The van der Waals surface area contributed by atoms with E-state index in [0.717, 1.165) is 74.2 Å². The number of fused-ring (bicyclic) bond motifs is 6. The second kappa shape index (κ2) is 42.4. The molecule has 0 bridgehead atoms. The Morgan fingerprint density at radius 3 is 1.47 bits per heavy atom. The van der Waals surface area contributed by atoms with Crippen LogP contribution >= 0.6 is 0 Å². The van der Waals surface area contributed by atoms with Crippen molar-refractivity contribution in [2.45, 2.75) is 129 Å². The molecule has 10 rings (SSSR count). The van der Waals surface area contributed by atoms with Crippen LogP contribution in [0.25, 0.3) is 0 Å². The van der Waals surface area contributed by atoms with Gasteiger partial charge in [-0.3, -0.25) is 39.4 Å². The summed E-state index contributed by atoms with van der Waals surface area (Å²) in [6.45, 7) is 26.0. The van der Waals surface area contributed by atoms with E-state index in [-0.39, 0.29) is 186 Å². The first-order valence-corrected chi connectivity index (χ1v) is 30.7. The van der Waals surface area contributed by atoms with E-state index in [1.54, 1.807) is 53.7 Å². The van der Waals surface area contributed by atoms with Gasteiger partial charge in [0.25, 0.3) is 12.2 Å². The predicted octanol–water partition coefficient (Wildman–Crippen LogP) is 0.790. The summed E-state index contributed by atoms with van der Waals surface area (Å²) < 4.78 is 28.5. The van der Waals surface area contributed by atoms with Gasteiger partial charge in [0.05, 0.1) is 57.1 Å². The molecule has 0 aliphatic carbocycles. The van der Waals surface area contributed by atoms with E-state index in [4.69, 9.17) is 33.9 Å². The first-order chi connectivity index (χ1) is 45.2. The molecule has 6 heterocycles. The van der Waals surface area contributed by atoms with Crippen LogP contribution in [0.2, 0.25) is 0 Å². The third kappa shape index (κ3) is 30.0. The van der Waals surface area contributed by atoms with Gasteiger partial charge in [-0.25, -0.2) is 14.4 Å². The van der Waals surface area contributed by atoms with E-state index in [2.05, 4.69) is 48.9 Å². The van der Waals surface area contributed by atoms with Gasteiger partial charge in [0.15, 0.2) is 0 Å². The van der Waals surface area contributed by atoms with Gasteiger partial charge in [0, 0.05) is 110 Å². The Bertz CT molecular complexity index is 3350. The van der Waals surface area contributed by atoms with E-state index in [1.165, 1.54) is 23.1 Å². The van der Waals surface area contributed by atoms with Crippen LogP contribution in [0.3, 0.4) is 0 Å². The minimum atomic E-state index is -1.04. The van der Waals surface area contributed by atoms with Crippen molar-refractivity contribution in [2.24, 2.45) is 0 Å². The number of nitrogens with one attached hydrogen (secondary N) is 4. The summed E-state index contributed by atoms with van der Waals surface area (Å²) in [6.07, 6.45) is -0.0860. The SMILES string of the molecule is CC(C)(C)OC(=O)N1CCN(c2ccccc2[N+](=O)[O-])C(CC(=O)O)C1.CC(C)(C)OC(=O)N1CCN2c3ccccc3NC(=O)CC2C1.CC1CN(C(=O)OC(C)(C)C)CCN1.O=C1CC2CNCCN2c2ccccc2N1.O=C=O.O=CO[O-].O=[N+]([O-])c1ccccc1F.[H+].[H-].[K+].[K+]. The van der Waals surface area contributed by atoms with Gasteiger partial charge >= 0.3 is 140 Å². The van der Waals surface area contributed by atoms with Crippen LogP contribution < -0.4 is 144 Å². The molecule has 0 spiro atoms. The number of hydrogen-bond acceptors (Lipinski definition) is 23. The molecule has 6 aliphatic rings. The van der Waals surface area contributed by atoms with E-state index >= 15 is 0 Å². The molecule has 5 N–H and O–H groups in total. The van der Waals surface area contributed by atoms with Crippen molar-refractivity contribution in [3.8, 4) is 0 Å². The van der Waals surface area contributed by atoms with Crippen molar-refractivity contribution in [3.63, 3.8) is 0 Å². The van der Waals surface area contributed by atoms with E-state index in [0.29, 0.717) is 44.2 Å². The van der Waals surface area contributed by atoms with Crippen molar-refractivity contribution in [1.82, 2.24) is 25.3 Å². The number of carbonyl (C=O) groups excluding carboxylic acids is 8. The molecule has 5 amide bonds. The number of hydrogen-bond donors (Lipinski definition) is 5. The number of carbonyl (C=O) groups is 7. The Morgan fingerprint density at radius 1 is 0.622 bits per heavy atom. The molecule has 4 fully saturated rings. The van der Waals surface area contributed by atoms with E-state index in [1.807, 2.05) is 84.0 Å². The van der Waals surface area contributed by atoms with Crippen LogP contribution in [0.1, 0.15) is 91.4 Å². The zero-order chi connectivity index (χ0) is 71.5. The maximum absolute atomic E-state index is 12.4. The van der Waals surface area contributed by atoms with Gasteiger partial charge in [-0.2, -0.15) is 14.0 Å². The summed E-state index contributed by atoms with van der Waals surface area (Å²) in [5.41, 5.74) is 2.17. The van der Waals surface area contributed by atoms with Crippen molar-refractivity contribution in [2.75, 3.05) is 104 Å². The first kappa shape index (κ1) is 87.3. The second-order valence-electron chi connectivity index (χ2n) is 25.2. The van der Waals surface area contributed by atoms with Gasteiger partial charge in [-0.15, -0.1) is 0 Å². The zero-order valence-corrected chi connectivity index (χ0v) is 63.7. The Morgan fingerprint density at radius 2 is 1.03 bits per heavy atom. The summed E-state index contributed by atoms with van der Waals surface area (Å²) in [4.78, 5) is 130. The number of aliphatic carboxylic acids is 1. The van der Waals surface area contributed by atoms with Gasteiger partial charge in [0.1, 0.15) is 22.5 Å². The number of carboxylic acids is 1. The molecule has 0 radical (unpaired) electrons. The standard InChI is InChI=1S/C17H23N3O6.C17H23N3O3.C12H15N3O.C10H20N2O2.C6H4FNO2.CH2O3.CO2.2K.H/c1-17(2,3)26-16(23)18-8-9-19(12(11-18)10-15(21)22)13-6-4-5-7-14(13)20(24)25;1-17(2,3)23-16(22)19-8-9-20-12(11-19)10-15(21)18-13-6-4-5-7-14(13)20;16-12-7-9-8-13-5-6-15(9)11-4-2-1-3-10(11)14-12;1-8-7-12(6-5-11-8)9(13)14-10(2,3)4;7-5-3-1-2-4-6(5)8(9)10;2-1-4-3;2-1-3;;;/h4-7,12H,8-11H2,1-3H3,(H,21,22);4-7,12H,8-11H2,1-3H3,(H,18,21);1-4,9,13H,5-8H2,(H,14,16);8,11H,5-7H2,1-4H3;1-4H;1,3H;;;;/q;;;;;;;2*+1;-1. The number of nitrogens with zero attached hydrogens (tertiary/aromatic N) is 8. The van der Waals surface area contributed by atoms with Gasteiger partial charge in [-0.1, -0.05) is 48.5 Å². The number of carboxylic acid groups (broad SMARTS) is 1. The molecule has 0 aromatic heterocycles. The quantitative estimate of drug-likeness (QED) is 0.0445. The van der Waals surface area contributed by atoms with E-state index < -0.39 is 56.3 Å². The first-order valence-electron chi connectivity index (χ1n) is 30.7. The maximum Gasteiger partial charge on any atom is 1.00 e. The molecule has 34 heteroatoms. The van der Waals surface area contributed by atoms with Crippen LogP contribution in [0, 0.1) is 26.0 Å². The molecule has 4 aromatic carbocycles. The number of para-hydroxylation sites is 7. The largest absolute Gasteiger partial charge is 1.00 e. The molecule has 4 atom stereocenters. The Kier molecular flexibility index (Phi) is 37.7. The Labute approximate surface area is 656 Å². The third-order valence-corrected chi connectivity index (χ3v) is 14.3. The smallest absolute Gasteiger partial charge is 1.00 e. The molecule has 4 saturated heterocycles. The van der Waals surface area contributed by atoms with Crippen molar-refractivity contribution < 1.29 is 192 Å². The van der Waals surface area contributed by atoms with Crippen LogP contribution in [-0.2, 0) is 47.9 Å². The number of rotatable bonds is 6. The minimum Gasteiger partial charge on any atom is -1.00 e. The fourth-order valence-corrected chi connectivity index (χ4v) is 10.5. The number of piperazine rings is 4. The van der Waals surface area contributed by atoms with Crippen LogP contribution in [0.4, 0.5) is 58.6 Å². The summed E-state index contributed by atoms with van der Waals surface area (Å²) in [7, 11) is 0. The third-order valence-electron chi connectivity index (χ3n) is 14.3. The Balaban J connectivity index is 0.00000122. The maximum atomic E-state index is 12.4. The molecule has 4 aromatic rings. The van der Waals surface area contributed by atoms with Crippen LogP contribution in [0.15, 0.2) is 97.1 Å². The monoisotopic (exact) mass is 1430 g/mol. The van der Waals surface area contributed by atoms with Crippen molar-refractivity contribution in [3.05, 3.63) is 123 Å². The minimum absolute atomic E-state index is 0. The summed E-state index contributed by atoms with van der Waals surface area (Å²) in [6, 6.07) is 27.1. The average molecular weight is 1430 g/mol. The molecule has 0 saturated carbocycles. The van der Waals surface area contributed by atoms with E-state index in [9.17, 15) is 58.5 Å². The van der Waals surface area contributed by atoms with Gasteiger partial charge in [-0.05, 0) is 106 Å². The molecular weight excluding hydrogens is 1340 g/mol. The second-order valence-corrected chi connectivity index (χ2v) is 25.2. The molecule has 31 nitrogen and oxygen atoms in total. The van der Waals surface area contributed by atoms with Gasteiger partial charge in [0.2, 0.25) is 17.6 Å². The van der Waals surface area contributed by atoms with Gasteiger partial charge < -0.3 is 81.6 Å². The van der Waals surface area contributed by atoms with Crippen LogP contribution in [0.5, 0.6) is 0 Å². The summed E-state index contributed by atoms with van der Waals surface area (Å²) in [5, 5.41) is 51.5. The Hall–Kier alpha value is -6.77. The molecule has 6 aliphatic heterocycles. The topological polar surface area (TPSA) is 388 Å².